The number of fused-ring (bicyclic) bond motifs is 1. The molecule has 0 aliphatic carbocycles. The summed E-state index contributed by atoms with van der Waals surface area (Å²) in [5.74, 6) is 0.516. The molecule has 0 saturated carbocycles. The van der Waals surface area contributed by atoms with Gasteiger partial charge in [-0.1, -0.05) is 0 Å². The average Bonchev–Trinajstić information content (AvgIpc) is 2.56. The molecule has 0 aromatic carbocycles. The third-order valence-corrected chi connectivity index (χ3v) is 2.74. The van der Waals surface area contributed by atoms with Crippen molar-refractivity contribution in [2.24, 2.45) is 0 Å². The van der Waals surface area contributed by atoms with Crippen LogP contribution >= 0.6 is 0 Å². The molecule has 0 saturated heterocycles. The van der Waals surface area contributed by atoms with Crippen LogP contribution in [-0.4, -0.2) is 29.2 Å². The molecular weight excluding hydrogens is 194 g/mol. The molecule has 1 aromatic rings. The van der Waals surface area contributed by atoms with Crippen LogP contribution in [-0.2, 0) is 11.3 Å². The first-order valence-corrected chi connectivity index (χ1v) is 5.02. The molecule has 5 nitrogen and oxygen atoms in total. The molecule has 1 atom stereocenters. The Morgan fingerprint density at radius 2 is 2.40 bits per heavy atom. The van der Waals surface area contributed by atoms with E-state index in [-0.39, 0.29) is 5.97 Å². The molecule has 1 aromatic heterocycles. The Kier molecular flexibility index (Phi) is 2.48. The van der Waals surface area contributed by atoms with Crippen molar-refractivity contribution >= 4 is 5.97 Å². The van der Waals surface area contributed by atoms with Crippen LogP contribution in [0.4, 0.5) is 0 Å². The zero-order chi connectivity index (χ0) is 11.0. The van der Waals surface area contributed by atoms with Crippen molar-refractivity contribution in [3.05, 3.63) is 17.2 Å². The van der Waals surface area contributed by atoms with Crippen molar-refractivity contribution in [1.29, 1.82) is 0 Å². The number of carbonyl (C=O) groups is 1. The number of ether oxygens (including phenoxy) is 1. The first-order chi connectivity index (χ1) is 7.15. The van der Waals surface area contributed by atoms with Crippen LogP contribution in [0, 0.1) is 6.92 Å². The molecule has 5 heteroatoms. The molecule has 0 radical (unpaired) electrons. The molecule has 1 aliphatic heterocycles. The lowest BCUT2D eigenvalue weighted by Crippen LogP contribution is -2.32. The fraction of sp³-hybridized carbons (Fsp3) is 0.600. The van der Waals surface area contributed by atoms with E-state index in [1.54, 1.807) is 0 Å². The SMILES string of the molecule is COC(=O)c1nc(C)n2c1CNC[C@@H]2C. The van der Waals surface area contributed by atoms with E-state index in [0.29, 0.717) is 18.3 Å². The maximum absolute atomic E-state index is 11.5. The zero-order valence-corrected chi connectivity index (χ0v) is 9.20. The minimum absolute atomic E-state index is 0.333. The molecule has 1 aliphatic rings. The van der Waals surface area contributed by atoms with E-state index in [0.717, 1.165) is 18.1 Å². The summed E-state index contributed by atoms with van der Waals surface area (Å²) in [5, 5.41) is 3.25. The van der Waals surface area contributed by atoms with Crippen molar-refractivity contribution in [3.63, 3.8) is 0 Å². The molecule has 0 fully saturated rings. The van der Waals surface area contributed by atoms with E-state index < -0.39 is 0 Å². The molecule has 1 N–H and O–H groups in total. The molecule has 2 heterocycles. The van der Waals surface area contributed by atoms with Crippen LogP contribution in [0.5, 0.6) is 0 Å². The van der Waals surface area contributed by atoms with Crippen LogP contribution in [0.1, 0.15) is 35.0 Å². The van der Waals surface area contributed by atoms with Crippen molar-refractivity contribution in [2.45, 2.75) is 26.4 Å². The Bertz CT molecular complexity index is 398. The third-order valence-electron chi connectivity index (χ3n) is 2.74. The molecule has 82 valence electrons. The number of imidazole rings is 1. The Balaban J connectivity index is 2.51. The van der Waals surface area contributed by atoms with Crippen LogP contribution in [0.2, 0.25) is 0 Å². The van der Waals surface area contributed by atoms with Gasteiger partial charge < -0.3 is 14.6 Å². The van der Waals surface area contributed by atoms with Gasteiger partial charge in [0.25, 0.3) is 0 Å². The average molecular weight is 209 g/mol. The van der Waals surface area contributed by atoms with E-state index in [1.807, 2.05) is 6.92 Å². The minimum atomic E-state index is -0.359. The monoisotopic (exact) mass is 209 g/mol. The molecule has 0 spiro atoms. The largest absolute Gasteiger partial charge is 0.464 e. The highest BCUT2D eigenvalue weighted by Crippen LogP contribution is 2.21. The number of nitrogens with zero attached hydrogens (tertiary/aromatic N) is 2. The first-order valence-electron chi connectivity index (χ1n) is 5.02. The normalized spacial score (nSPS) is 19.8. The van der Waals surface area contributed by atoms with Crippen molar-refractivity contribution < 1.29 is 9.53 Å². The van der Waals surface area contributed by atoms with Crippen LogP contribution in [0.3, 0.4) is 0 Å². The lowest BCUT2D eigenvalue weighted by molar-refractivity contribution is 0.0592. The van der Waals surface area contributed by atoms with Gasteiger partial charge in [0.15, 0.2) is 5.69 Å². The highest BCUT2D eigenvalue weighted by Gasteiger charge is 2.26. The highest BCUT2D eigenvalue weighted by atomic mass is 16.5. The summed E-state index contributed by atoms with van der Waals surface area (Å²) in [6, 6.07) is 0.333. The number of carbonyl (C=O) groups excluding carboxylic acids is 1. The van der Waals surface area contributed by atoms with E-state index >= 15 is 0 Å². The maximum Gasteiger partial charge on any atom is 0.358 e. The molecule has 0 bridgehead atoms. The number of nitrogens with one attached hydrogen (secondary N) is 1. The van der Waals surface area contributed by atoms with E-state index in [2.05, 4.69) is 21.8 Å². The Morgan fingerprint density at radius 1 is 1.67 bits per heavy atom. The summed E-state index contributed by atoms with van der Waals surface area (Å²) in [7, 11) is 1.38. The predicted molar refractivity (Wildman–Crippen MR) is 54.7 cm³/mol. The maximum atomic E-state index is 11.5. The number of aromatic nitrogens is 2. The first kappa shape index (κ1) is 10.2. The lowest BCUT2D eigenvalue weighted by Gasteiger charge is -2.24. The number of aryl methyl sites for hydroxylation is 1. The molecule has 2 rings (SSSR count). The second-order valence-corrected chi connectivity index (χ2v) is 3.80. The molecular formula is C10H15N3O2. The van der Waals surface area contributed by atoms with Crippen LogP contribution < -0.4 is 5.32 Å². The Hall–Kier alpha value is -1.36. The van der Waals surface area contributed by atoms with Gasteiger partial charge in [-0.25, -0.2) is 9.78 Å². The van der Waals surface area contributed by atoms with Crippen molar-refractivity contribution in [2.75, 3.05) is 13.7 Å². The summed E-state index contributed by atoms with van der Waals surface area (Å²) in [6.07, 6.45) is 0. The fourth-order valence-corrected chi connectivity index (χ4v) is 2.09. The zero-order valence-electron chi connectivity index (χ0n) is 9.20. The number of esters is 1. The predicted octanol–water partition coefficient (Wildman–Crippen LogP) is 0.642. The Morgan fingerprint density at radius 3 is 3.07 bits per heavy atom. The number of methoxy groups -OCH3 is 1. The molecule has 0 unspecified atom stereocenters. The fourth-order valence-electron chi connectivity index (χ4n) is 2.09. The van der Waals surface area contributed by atoms with Gasteiger partial charge in [0, 0.05) is 19.1 Å². The topological polar surface area (TPSA) is 56.1 Å². The third kappa shape index (κ3) is 1.52. The summed E-state index contributed by atoms with van der Waals surface area (Å²) >= 11 is 0. The Labute approximate surface area is 88.4 Å². The quantitative estimate of drug-likeness (QED) is 0.690. The highest BCUT2D eigenvalue weighted by molar-refractivity contribution is 5.88. The van der Waals surface area contributed by atoms with Crippen molar-refractivity contribution in [3.8, 4) is 0 Å². The van der Waals surface area contributed by atoms with Gasteiger partial charge in [0.2, 0.25) is 0 Å². The molecule has 15 heavy (non-hydrogen) atoms. The van der Waals surface area contributed by atoms with Crippen LogP contribution in [0.15, 0.2) is 0 Å². The van der Waals surface area contributed by atoms with Crippen molar-refractivity contribution in [1.82, 2.24) is 14.9 Å². The van der Waals surface area contributed by atoms with Gasteiger partial charge in [-0.3, -0.25) is 0 Å². The second-order valence-electron chi connectivity index (χ2n) is 3.80. The summed E-state index contributed by atoms with van der Waals surface area (Å²) < 4.78 is 6.81. The summed E-state index contributed by atoms with van der Waals surface area (Å²) in [4.78, 5) is 15.7. The van der Waals surface area contributed by atoms with Gasteiger partial charge in [-0.15, -0.1) is 0 Å². The van der Waals surface area contributed by atoms with Gasteiger partial charge in [0.05, 0.1) is 12.8 Å². The second kappa shape index (κ2) is 3.66. The van der Waals surface area contributed by atoms with Gasteiger partial charge in [-0.2, -0.15) is 0 Å². The lowest BCUT2D eigenvalue weighted by atomic mass is 10.2. The standard InChI is InChI=1S/C10H15N3O2/c1-6-4-11-5-8-9(10(14)15-3)12-7(2)13(6)8/h6,11H,4-5H2,1-3H3/t6-/m0/s1. The summed E-state index contributed by atoms with van der Waals surface area (Å²) in [5.41, 5.74) is 1.37. The van der Waals surface area contributed by atoms with Gasteiger partial charge in [-0.05, 0) is 13.8 Å². The number of hydrogen-bond acceptors (Lipinski definition) is 4. The minimum Gasteiger partial charge on any atom is -0.464 e. The molecule has 0 amide bonds. The van der Waals surface area contributed by atoms with E-state index in [4.69, 9.17) is 4.74 Å². The van der Waals surface area contributed by atoms with Gasteiger partial charge >= 0.3 is 5.97 Å². The van der Waals surface area contributed by atoms with E-state index in [1.165, 1.54) is 7.11 Å². The smallest absolute Gasteiger partial charge is 0.358 e. The van der Waals surface area contributed by atoms with Crippen LogP contribution in [0.25, 0.3) is 0 Å². The number of hydrogen-bond donors (Lipinski definition) is 1. The number of rotatable bonds is 1. The van der Waals surface area contributed by atoms with Gasteiger partial charge in [0.1, 0.15) is 5.82 Å². The van der Waals surface area contributed by atoms with E-state index in [9.17, 15) is 4.79 Å². The summed E-state index contributed by atoms with van der Waals surface area (Å²) in [6.45, 7) is 5.60.